The Hall–Kier alpha value is -2.77. The first kappa shape index (κ1) is 16.6. The summed E-state index contributed by atoms with van der Waals surface area (Å²) in [6.45, 7) is -1.31. The van der Waals surface area contributed by atoms with Crippen LogP contribution in [0.15, 0.2) is 42.6 Å². The van der Waals surface area contributed by atoms with E-state index in [9.17, 15) is 18.0 Å². The lowest BCUT2D eigenvalue weighted by Gasteiger charge is -2.10. The van der Waals surface area contributed by atoms with Crippen molar-refractivity contribution in [1.29, 1.82) is 0 Å². The largest absolute Gasteiger partial charge is 0.486 e. The number of alkyl halides is 3. The van der Waals surface area contributed by atoms with Gasteiger partial charge in [-0.1, -0.05) is 12.1 Å². The second kappa shape index (κ2) is 6.99. The standard InChI is InChI=1S/C15H12F3NO4/c16-15(17,18)9-23-11-5-3-10(4-6-11)8-22-12-2-1-7-19-13(12)14(20)21/h1-7H,8-9H2,(H,20,21). The molecule has 1 aromatic heterocycles. The molecule has 2 aromatic rings. The van der Waals surface area contributed by atoms with E-state index < -0.39 is 18.8 Å². The smallest absolute Gasteiger partial charge is 0.422 e. The summed E-state index contributed by atoms with van der Waals surface area (Å²) in [7, 11) is 0. The Labute approximate surface area is 129 Å². The topological polar surface area (TPSA) is 68.7 Å². The van der Waals surface area contributed by atoms with Crippen molar-refractivity contribution in [2.75, 3.05) is 6.61 Å². The Morgan fingerprint density at radius 1 is 1.13 bits per heavy atom. The van der Waals surface area contributed by atoms with Gasteiger partial charge in [-0.15, -0.1) is 0 Å². The van der Waals surface area contributed by atoms with Crippen LogP contribution in [0, 0.1) is 0 Å². The van der Waals surface area contributed by atoms with Gasteiger partial charge in [-0.2, -0.15) is 13.2 Å². The summed E-state index contributed by atoms with van der Waals surface area (Å²) in [6.07, 6.45) is -3.06. The monoisotopic (exact) mass is 327 g/mol. The number of ether oxygens (including phenoxy) is 2. The summed E-state index contributed by atoms with van der Waals surface area (Å²) >= 11 is 0. The third kappa shape index (κ3) is 5.17. The second-order valence-corrected chi connectivity index (χ2v) is 4.49. The van der Waals surface area contributed by atoms with E-state index >= 15 is 0 Å². The van der Waals surface area contributed by atoms with Crippen LogP contribution in [-0.2, 0) is 6.61 Å². The van der Waals surface area contributed by atoms with Crippen molar-refractivity contribution in [1.82, 2.24) is 4.98 Å². The highest BCUT2D eigenvalue weighted by Gasteiger charge is 2.28. The van der Waals surface area contributed by atoms with Crippen molar-refractivity contribution in [2.24, 2.45) is 0 Å². The first-order valence-electron chi connectivity index (χ1n) is 6.45. The van der Waals surface area contributed by atoms with Crippen LogP contribution < -0.4 is 9.47 Å². The molecule has 0 saturated carbocycles. The second-order valence-electron chi connectivity index (χ2n) is 4.49. The van der Waals surface area contributed by atoms with E-state index in [1.807, 2.05) is 0 Å². The summed E-state index contributed by atoms with van der Waals surface area (Å²) in [5.41, 5.74) is 0.433. The number of aromatic nitrogens is 1. The third-order valence-corrected chi connectivity index (χ3v) is 2.69. The maximum atomic E-state index is 12.0. The number of carboxylic acid groups (broad SMARTS) is 1. The molecule has 1 aromatic carbocycles. The van der Waals surface area contributed by atoms with Gasteiger partial charge in [0, 0.05) is 6.20 Å². The van der Waals surface area contributed by atoms with Gasteiger partial charge in [0.2, 0.25) is 0 Å². The summed E-state index contributed by atoms with van der Waals surface area (Å²) in [5, 5.41) is 8.97. The molecule has 0 unspecified atom stereocenters. The van der Waals surface area contributed by atoms with Gasteiger partial charge in [-0.25, -0.2) is 9.78 Å². The lowest BCUT2D eigenvalue weighted by molar-refractivity contribution is -0.153. The Kier molecular flexibility index (Phi) is 5.05. The van der Waals surface area contributed by atoms with Crippen molar-refractivity contribution in [3.05, 3.63) is 53.9 Å². The van der Waals surface area contributed by atoms with Gasteiger partial charge in [0.25, 0.3) is 0 Å². The minimum Gasteiger partial charge on any atom is -0.486 e. The van der Waals surface area contributed by atoms with Crippen LogP contribution in [0.3, 0.4) is 0 Å². The maximum Gasteiger partial charge on any atom is 0.422 e. The SMILES string of the molecule is O=C(O)c1ncccc1OCc1ccc(OCC(F)(F)F)cc1. The van der Waals surface area contributed by atoms with E-state index in [0.717, 1.165) is 0 Å². The number of hydrogen-bond donors (Lipinski definition) is 1. The van der Waals surface area contributed by atoms with Gasteiger partial charge >= 0.3 is 12.1 Å². The van der Waals surface area contributed by atoms with E-state index in [1.165, 1.54) is 42.6 Å². The quantitative estimate of drug-likeness (QED) is 0.881. The molecule has 1 heterocycles. The fourth-order valence-corrected chi connectivity index (χ4v) is 1.68. The van der Waals surface area contributed by atoms with Gasteiger partial charge < -0.3 is 14.6 Å². The van der Waals surface area contributed by atoms with Crippen molar-refractivity contribution in [2.45, 2.75) is 12.8 Å². The Morgan fingerprint density at radius 3 is 2.43 bits per heavy atom. The van der Waals surface area contributed by atoms with Crippen molar-refractivity contribution < 1.29 is 32.5 Å². The Balaban J connectivity index is 1.96. The highest BCUT2D eigenvalue weighted by atomic mass is 19.4. The highest BCUT2D eigenvalue weighted by Crippen LogP contribution is 2.20. The average Bonchev–Trinajstić information content (AvgIpc) is 2.51. The van der Waals surface area contributed by atoms with Gasteiger partial charge in [-0.05, 0) is 29.8 Å². The summed E-state index contributed by atoms with van der Waals surface area (Å²) in [4.78, 5) is 14.7. The number of pyridine rings is 1. The molecule has 0 aliphatic rings. The van der Waals surface area contributed by atoms with Crippen LogP contribution in [0.5, 0.6) is 11.5 Å². The molecule has 0 bridgehead atoms. The molecule has 0 amide bonds. The molecule has 5 nitrogen and oxygen atoms in total. The zero-order valence-corrected chi connectivity index (χ0v) is 11.7. The first-order valence-corrected chi connectivity index (χ1v) is 6.45. The summed E-state index contributed by atoms with van der Waals surface area (Å²) in [6, 6.07) is 8.83. The van der Waals surface area contributed by atoms with Gasteiger partial charge in [0.15, 0.2) is 18.1 Å². The van der Waals surface area contributed by atoms with Crippen molar-refractivity contribution in [3.63, 3.8) is 0 Å². The molecule has 8 heteroatoms. The molecule has 0 atom stereocenters. The number of hydrogen-bond acceptors (Lipinski definition) is 4. The van der Waals surface area contributed by atoms with Crippen molar-refractivity contribution in [3.8, 4) is 11.5 Å². The Bertz CT molecular complexity index is 671. The lowest BCUT2D eigenvalue weighted by Crippen LogP contribution is -2.19. The molecule has 0 aliphatic heterocycles. The molecular formula is C15H12F3NO4. The fourth-order valence-electron chi connectivity index (χ4n) is 1.68. The van der Waals surface area contributed by atoms with E-state index in [4.69, 9.17) is 9.84 Å². The number of aromatic carboxylic acids is 1. The van der Waals surface area contributed by atoms with Crippen LogP contribution in [0.2, 0.25) is 0 Å². The van der Waals surface area contributed by atoms with Crippen LogP contribution in [-0.4, -0.2) is 28.8 Å². The average molecular weight is 327 g/mol. The van der Waals surface area contributed by atoms with Crippen LogP contribution in [0.1, 0.15) is 16.1 Å². The number of carbonyl (C=O) groups is 1. The minimum absolute atomic E-state index is 0.0471. The Morgan fingerprint density at radius 2 is 1.83 bits per heavy atom. The van der Waals surface area contributed by atoms with Crippen LogP contribution in [0.25, 0.3) is 0 Å². The minimum atomic E-state index is -4.39. The molecule has 0 aliphatic carbocycles. The molecule has 0 fully saturated rings. The maximum absolute atomic E-state index is 12.0. The van der Waals surface area contributed by atoms with Crippen LogP contribution in [0.4, 0.5) is 13.2 Å². The zero-order chi connectivity index (χ0) is 16.9. The number of nitrogens with zero attached hydrogens (tertiary/aromatic N) is 1. The van der Waals surface area contributed by atoms with E-state index in [1.54, 1.807) is 0 Å². The third-order valence-electron chi connectivity index (χ3n) is 2.69. The predicted octanol–water partition coefficient (Wildman–Crippen LogP) is 3.30. The molecule has 122 valence electrons. The van der Waals surface area contributed by atoms with E-state index in [0.29, 0.717) is 5.56 Å². The molecular weight excluding hydrogens is 315 g/mol. The highest BCUT2D eigenvalue weighted by molar-refractivity contribution is 5.88. The fraction of sp³-hybridized carbons (Fsp3) is 0.200. The number of benzene rings is 1. The number of halogens is 3. The van der Waals surface area contributed by atoms with E-state index in [-0.39, 0.29) is 23.8 Å². The molecule has 0 radical (unpaired) electrons. The normalized spacial score (nSPS) is 11.1. The van der Waals surface area contributed by atoms with Gasteiger partial charge in [0.1, 0.15) is 12.4 Å². The number of carboxylic acids is 1. The summed E-state index contributed by atoms with van der Waals surface area (Å²) in [5.74, 6) is -1.02. The van der Waals surface area contributed by atoms with Crippen LogP contribution >= 0.6 is 0 Å². The molecule has 2 rings (SSSR count). The number of rotatable bonds is 6. The molecule has 0 spiro atoms. The molecule has 0 saturated heterocycles. The van der Waals surface area contributed by atoms with Gasteiger partial charge in [-0.3, -0.25) is 0 Å². The zero-order valence-electron chi connectivity index (χ0n) is 11.7. The predicted molar refractivity (Wildman–Crippen MR) is 73.5 cm³/mol. The van der Waals surface area contributed by atoms with Gasteiger partial charge in [0.05, 0.1) is 0 Å². The summed E-state index contributed by atoms with van der Waals surface area (Å²) < 4.78 is 46.1. The first-order chi connectivity index (χ1) is 10.8. The molecule has 1 N–H and O–H groups in total. The molecule has 23 heavy (non-hydrogen) atoms. The van der Waals surface area contributed by atoms with Crippen molar-refractivity contribution >= 4 is 5.97 Å². The lowest BCUT2D eigenvalue weighted by atomic mass is 10.2. The van der Waals surface area contributed by atoms with E-state index in [2.05, 4.69) is 9.72 Å².